The number of hydrogen-bond acceptors (Lipinski definition) is 2. The molecule has 20 heavy (non-hydrogen) atoms. The van der Waals surface area contributed by atoms with E-state index in [1.165, 1.54) is 18.2 Å². The molecule has 1 N–H and O–H groups in total. The first-order chi connectivity index (χ1) is 9.37. The van der Waals surface area contributed by atoms with Crippen molar-refractivity contribution < 1.29 is 12.8 Å². The van der Waals surface area contributed by atoms with Gasteiger partial charge in [-0.15, -0.1) is 0 Å². The minimum Gasteiger partial charge on any atom is -0.283 e. The molecule has 2 rings (SSSR count). The molecule has 0 aliphatic heterocycles. The van der Waals surface area contributed by atoms with Gasteiger partial charge in [0, 0.05) is 5.56 Å². The largest absolute Gasteiger partial charge is 0.283 e. The molecule has 0 fully saturated rings. The number of hydrogen-bond donors (Lipinski definition) is 1. The maximum absolute atomic E-state index is 13.5. The first-order valence-corrected chi connectivity index (χ1v) is 7.84. The molecule has 0 bridgehead atoms. The molecule has 0 saturated heterocycles. The lowest BCUT2D eigenvalue weighted by Gasteiger charge is -2.11. The zero-order valence-corrected chi connectivity index (χ0v) is 12.2. The maximum Gasteiger partial charge on any atom is 0.237 e. The Hall–Kier alpha value is -1.88. The third-order valence-electron chi connectivity index (χ3n) is 2.96. The average Bonchev–Trinajstić information content (AvgIpc) is 2.36. The maximum atomic E-state index is 13.5. The van der Waals surface area contributed by atoms with E-state index < -0.39 is 15.8 Å². The highest BCUT2D eigenvalue weighted by Gasteiger charge is 2.15. The van der Waals surface area contributed by atoms with Crippen molar-refractivity contribution >= 4 is 15.7 Å². The number of sulfonamides is 1. The normalized spacial score (nSPS) is 11.3. The Morgan fingerprint density at radius 3 is 2.50 bits per heavy atom. The SMILES string of the molecule is Cc1ccc(C)c(NS(=O)(=O)Cc2ccccc2F)c1. The van der Waals surface area contributed by atoms with Crippen LogP contribution in [0, 0.1) is 19.7 Å². The van der Waals surface area contributed by atoms with Gasteiger partial charge in [-0.2, -0.15) is 0 Å². The molecule has 0 amide bonds. The molecule has 106 valence electrons. The number of aryl methyl sites for hydroxylation is 2. The van der Waals surface area contributed by atoms with Gasteiger partial charge in [0.2, 0.25) is 10.0 Å². The molecule has 0 saturated carbocycles. The summed E-state index contributed by atoms with van der Waals surface area (Å²) in [5, 5.41) is 0. The highest BCUT2D eigenvalue weighted by molar-refractivity contribution is 7.91. The number of rotatable bonds is 4. The Bertz CT molecular complexity index is 726. The summed E-state index contributed by atoms with van der Waals surface area (Å²) in [6.07, 6.45) is 0. The van der Waals surface area contributed by atoms with E-state index in [0.29, 0.717) is 5.69 Å². The fourth-order valence-electron chi connectivity index (χ4n) is 1.87. The number of anilines is 1. The van der Waals surface area contributed by atoms with Gasteiger partial charge in [-0.1, -0.05) is 30.3 Å². The van der Waals surface area contributed by atoms with Gasteiger partial charge in [0.25, 0.3) is 0 Å². The van der Waals surface area contributed by atoms with Gasteiger partial charge in [-0.3, -0.25) is 4.72 Å². The quantitative estimate of drug-likeness (QED) is 0.939. The Labute approximate surface area is 118 Å². The van der Waals surface area contributed by atoms with Crippen LogP contribution in [0.2, 0.25) is 0 Å². The molecule has 3 nitrogen and oxygen atoms in total. The third kappa shape index (κ3) is 3.57. The van der Waals surface area contributed by atoms with Crippen molar-refractivity contribution in [3.63, 3.8) is 0 Å². The summed E-state index contributed by atoms with van der Waals surface area (Å²) in [6, 6.07) is 11.4. The second kappa shape index (κ2) is 5.63. The van der Waals surface area contributed by atoms with Crippen LogP contribution in [0.3, 0.4) is 0 Å². The summed E-state index contributed by atoms with van der Waals surface area (Å²) in [5.74, 6) is -0.897. The predicted molar refractivity (Wildman–Crippen MR) is 78.6 cm³/mol. The minimum absolute atomic E-state index is 0.158. The molecule has 0 atom stereocenters. The smallest absolute Gasteiger partial charge is 0.237 e. The zero-order valence-electron chi connectivity index (χ0n) is 11.4. The van der Waals surface area contributed by atoms with E-state index >= 15 is 0 Å². The van der Waals surface area contributed by atoms with Gasteiger partial charge in [-0.05, 0) is 37.1 Å². The number of benzene rings is 2. The number of nitrogens with one attached hydrogen (secondary N) is 1. The van der Waals surface area contributed by atoms with Crippen LogP contribution in [0.25, 0.3) is 0 Å². The fraction of sp³-hybridized carbons (Fsp3) is 0.200. The molecular formula is C15H16FNO2S. The van der Waals surface area contributed by atoms with Crippen molar-refractivity contribution in [1.82, 2.24) is 0 Å². The molecule has 0 unspecified atom stereocenters. The monoisotopic (exact) mass is 293 g/mol. The van der Waals surface area contributed by atoms with E-state index in [2.05, 4.69) is 4.72 Å². The third-order valence-corrected chi connectivity index (χ3v) is 4.18. The van der Waals surface area contributed by atoms with Gasteiger partial charge in [0.1, 0.15) is 5.82 Å². The van der Waals surface area contributed by atoms with Crippen LogP contribution in [0.1, 0.15) is 16.7 Å². The van der Waals surface area contributed by atoms with Crippen molar-refractivity contribution in [2.45, 2.75) is 19.6 Å². The van der Waals surface area contributed by atoms with Gasteiger partial charge < -0.3 is 0 Å². The summed E-state index contributed by atoms with van der Waals surface area (Å²) in [5.41, 5.74) is 2.47. The molecule has 2 aromatic carbocycles. The Kier molecular flexibility index (Phi) is 4.09. The van der Waals surface area contributed by atoms with E-state index in [9.17, 15) is 12.8 Å². The van der Waals surface area contributed by atoms with Crippen molar-refractivity contribution in [2.75, 3.05) is 4.72 Å². The van der Waals surface area contributed by atoms with Crippen molar-refractivity contribution in [1.29, 1.82) is 0 Å². The summed E-state index contributed by atoms with van der Waals surface area (Å²) >= 11 is 0. The molecule has 5 heteroatoms. The average molecular weight is 293 g/mol. The van der Waals surface area contributed by atoms with Crippen LogP contribution in [0.5, 0.6) is 0 Å². The lowest BCUT2D eigenvalue weighted by molar-refractivity contribution is 0.591. The van der Waals surface area contributed by atoms with E-state index in [-0.39, 0.29) is 11.3 Å². The van der Waals surface area contributed by atoms with Crippen LogP contribution < -0.4 is 4.72 Å². The molecule has 0 heterocycles. The van der Waals surface area contributed by atoms with Gasteiger partial charge in [0.15, 0.2) is 0 Å². The van der Waals surface area contributed by atoms with E-state index in [1.54, 1.807) is 12.1 Å². The van der Waals surface area contributed by atoms with Gasteiger partial charge in [0.05, 0.1) is 11.4 Å². The second-order valence-electron chi connectivity index (χ2n) is 4.77. The van der Waals surface area contributed by atoms with Gasteiger partial charge >= 0.3 is 0 Å². The zero-order chi connectivity index (χ0) is 14.8. The number of halogens is 1. The molecule has 0 spiro atoms. The minimum atomic E-state index is -3.64. The van der Waals surface area contributed by atoms with Crippen LogP contribution in [-0.2, 0) is 15.8 Å². The van der Waals surface area contributed by atoms with Crippen LogP contribution in [0.4, 0.5) is 10.1 Å². The molecule has 0 radical (unpaired) electrons. The summed E-state index contributed by atoms with van der Waals surface area (Å²) in [6.45, 7) is 3.70. The lowest BCUT2D eigenvalue weighted by Crippen LogP contribution is -2.16. The first-order valence-electron chi connectivity index (χ1n) is 6.18. The van der Waals surface area contributed by atoms with Gasteiger partial charge in [-0.25, -0.2) is 12.8 Å². The second-order valence-corrected chi connectivity index (χ2v) is 6.49. The summed E-state index contributed by atoms with van der Waals surface area (Å²) in [7, 11) is -3.64. The molecule has 0 aliphatic rings. The first kappa shape index (κ1) is 14.5. The Balaban J connectivity index is 2.24. The van der Waals surface area contributed by atoms with Crippen LogP contribution in [0.15, 0.2) is 42.5 Å². The molecule has 2 aromatic rings. The van der Waals surface area contributed by atoms with Crippen molar-refractivity contribution in [3.8, 4) is 0 Å². The lowest BCUT2D eigenvalue weighted by atomic mass is 10.1. The molecule has 0 aliphatic carbocycles. The van der Waals surface area contributed by atoms with Crippen LogP contribution in [-0.4, -0.2) is 8.42 Å². The Morgan fingerprint density at radius 1 is 1.10 bits per heavy atom. The van der Waals surface area contributed by atoms with Crippen molar-refractivity contribution in [2.24, 2.45) is 0 Å². The Morgan fingerprint density at radius 2 is 1.80 bits per heavy atom. The standard InChI is InChI=1S/C15H16FNO2S/c1-11-7-8-12(2)15(9-11)17-20(18,19)10-13-5-3-4-6-14(13)16/h3-9,17H,10H2,1-2H3. The fourth-order valence-corrected chi connectivity index (χ4v) is 3.14. The highest BCUT2D eigenvalue weighted by Crippen LogP contribution is 2.19. The summed E-state index contributed by atoms with van der Waals surface area (Å²) in [4.78, 5) is 0. The predicted octanol–water partition coefficient (Wildman–Crippen LogP) is 3.38. The molecular weight excluding hydrogens is 277 g/mol. The summed E-state index contributed by atoms with van der Waals surface area (Å²) < 4.78 is 40.2. The molecule has 0 aromatic heterocycles. The van der Waals surface area contributed by atoms with Crippen molar-refractivity contribution in [3.05, 3.63) is 65.0 Å². The van der Waals surface area contributed by atoms with E-state index in [0.717, 1.165) is 11.1 Å². The van der Waals surface area contributed by atoms with E-state index in [4.69, 9.17) is 0 Å². The highest BCUT2D eigenvalue weighted by atomic mass is 32.2. The topological polar surface area (TPSA) is 46.2 Å². The van der Waals surface area contributed by atoms with E-state index in [1.807, 2.05) is 26.0 Å². The van der Waals surface area contributed by atoms with Crippen LogP contribution >= 0.6 is 0 Å².